The van der Waals surface area contributed by atoms with Crippen molar-refractivity contribution in [3.05, 3.63) is 35.4 Å². The first-order chi connectivity index (χ1) is 9.38. The summed E-state index contributed by atoms with van der Waals surface area (Å²) in [4.78, 5) is 2.75. The minimum Gasteiger partial charge on any atom is -0.312 e. The van der Waals surface area contributed by atoms with Crippen molar-refractivity contribution in [1.82, 2.24) is 10.2 Å². The maximum absolute atomic E-state index is 3.59. The van der Waals surface area contributed by atoms with Crippen LogP contribution in [0.5, 0.6) is 0 Å². The van der Waals surface area contributed by atoms with Gasteiger partial charge in [-0.3, -0.25) is 4.90 Å². The van der Waals surface area contributed by atoms with Gasteiger partial charge in [0.05, 0.1) is 0 Å². The van der Waals surface area contributed by atoms with E-state index in [0.29, 0.717) is 5.92 Å². The lowest BCUT2D eigenvalue weighted by Gasteiger charge is -2.39. The van der Waals surface area contributed by atoms with Crippen LogP contribution in [0, 0.1) is 0 Å². The second-order valence-corrected chi connectivity index (χ2v) is 6.08. The normalized spacial score (nSPS) is 28.1. The first-order valence-electron chi connectivity index (χ1n) is 7.91. The van der Waals surface area contributed by atoms with E-state index in [1.165, 1.54) is 44.3 Å². The van der Waals surface area contributed by atoms with E-state index in [2.05, 4.69) is 41.4 Å². The average Bonchev–Trinajstić information content (AvgIpc) is 2.48. The van der Waals surface area contributed by atoms with Gasteiger partial charge in [0.15, 0.2) is 0 Å². The number of nitrogens with one attached hydrogen (secondary N) is 1. The zero-order valence-electron chi connectivity index (χ0n) is 12.1. The molecule has 0 radical (unpaired) electrons. The molecule has 0 bridgehead atoms. The highest BCUT2D eigenvalue weighted by atomic mass is 15.2. The Morgan fingerprint density at radius 1 is 1.26 bits per heavy atom. The van der Waals surface area contributed by atoms with Crippen LogP contribution in [0.25, 0.3) is 0 Å². The van der Waals surface area contributed by atoms with E-state index in [1.54, 1.807) is 5.56 Å². The maximum atomic E-state index is 3.59. The summed E-state index contributed by atoms with van der Waals surface area (Å²) < 4.78 is 0. The zero-order chi connectivity index (χ0) is 13.1. The van der Waals surface area contributed by atoms with Crippen LogP contribution in [0.2, 0.25) is 0 Å². The topological polar surface area (TPSA) is 15.3 Å². The summed E-state index contributed by atoms with van der Waals surface area (Å²) in [5.41, 5.74) is 3.09. The van der Waals surface area contributed by atoms with Gasteiger partial charge < -0.3 is 5.32 Å². The minimum atomic E-state index is 0.678. The number of rotatable bonds is 3. The van der Waals surface area contributed by atoms with Gasteiger partial charge in [-0.15, -0.1) is 0 Å². The van der Waals surface area contributed by atoms with Crippen LogP contribution in [-0.4, -0.2) is 30.6 Å². The van der Waals surface area contributed by atoms with E-state index in [1.807, 2.05) is 0 Å². The molecule has 2 heterocycles. The predicted molar refractivity (Wildman–Crippen MR) is 80.4 cm³/mol. The highest BCUT2D eigenvalue weighted by molar-refractivity contribution is 5.33. The SMILES string of the molecule is CCC1CCCCN1CC1CNCc2ccccc21. The van der Waals surface area contributed by atoms with Gasteiger partial charge in [0.1, 0.15) is 0 Å². The molecule has 0 spiro atoms. The van der Waals surface area contributed by atoms with Crippen molar-refractivity contribution < 1.29 is 0 Å². The standard InChI is InChI=1S/C17H26N2/c1-2-16-8-5-6-10-19(16)13-15-12-18-11-14-7-3-4-9-17(14)15/h3-4,7,9,15-16,18H,2,5-6,8,10-13H2,1H3. The van der Waals surface area contributed by atoms with E-state index in [0.717, 1.165) is 19.1 Å². The fourth-order valence-electron chi connectivity index (χ4n) is 3.79. The molecule has 0 saturated carbocycles. The van der Waals surface area contributed by atoms with Gasteiger partial charge in [0.25, 0.3) is 0 Å². The summed E-state index contributed by atoms with van der Waals surface area (Å²) in [6.45, 7) is 7.07. The monoisotopic (exact) mass is 258 g/mol. The molecule has 1 saturated heterocycles. The fourth-order valence-corrected chi connectivity index (χ4v) is 3.79. The Labute approximate surface area is 117 Å². The van der Waals surface area contributed by atoms with Crippen molar-refractivity contribution in [2.24, 2.45) is 0 Å². The molecule has 0 aromatic heterocycles. The highest BCUT2D eigenvalue weighted by Gasteiger charge is 2.26. The highest BCUT2D eigenvalue weighted by Crippen LogP contribution is 2.28. The minimum absolute atomic E-state index is 0.678. The molecule has 104 valence electrons. The number of piperidine rings is 1. The first kappa shape index (κ1) is 13.1. The van der Waals surface area contributed by atoms with E-state index in [4.69, 9.17) is 0 Å². The molecule has 1 N–H and O–H groups in total. The molecule has 2 aliphatic rings. The molecule has 0 aliphatic carbocycles. The fraction of sp³-hybridized carbons (Fsp3) is 0.647. The van der Waals surface area contributed by atoms with Crippen LogP contribution >= 0.6 is 0 Å². The van der Waals surface area contributed by atoms with Crippen LogP contribution in [0.4, 0.5) is 0 Å². The molecule has 2 heteroatoms. The third-order valence-electron chi connectivity index (χ3n) is 4.88. The van der Waals surface area contributed by atoms with Crippen molar-refractivity contribution in [3.63, 3.8) is 0 Å². The molecule has 0 amide bonds. The van der Waals surface area contributed by atoms with Gasteiger partial charge in [-0.05, 0) is 36.9 Å². The Hall–Kier alpha value is -0.860. The molecular weight excluding hydrogens is 232 g/mol. The number of fused-ring (bicyclic) bond motifs is 1. The smallest absolute Gasteiger partial charge is 0.0208 e. The lowest BCUT2D eigenvalue weighted by atomic mass is 9.89. The Balaban J connectivity index is 1.73. The van der Waals surface area contributed by atoms with Crippen molar-refractivity contribution in [1.29, 1.82) is 0 Å². The number of likely N-dealkylation sites (tertiary alicyclic amines) is 1. The molecule has 2 nitrogen and oxygen atoms in total. The maximum Gasteiger partial charge on any atom is 0.0208 e. The Bertz CT molecular complexity index is 415. The predicted octanol–water partition coefficient (Wildman–Crippen LogP) is 3.14. The van der Waals surface area contributed by atoms with Gasteiger partial charge in [0.2, 0.25) is 0 Å². The number of hydrogen-bond acceptors (Lipinski definition) is 2. The number of hydrogen-bond donors (Lipinski definition) is 1. The summed E-state index contributed by atoms with van der Waals surface area (Å²) in [5.74, 6) is 0.678. The third-order valence-corrected chi connectivity index (χ3v) is 4.88. The van der Waals surface area contributed by atoms with E-state index < -0.39 is 0 Å². The molecule has 1 aromatic rings. The lowest BCUT2D eigenvalue weighted by Crippen LogP contribution is -2.44. The summed E-state index contributed by atoms with van der Waals surface area (Å²) in [6.07, 6.45) is 5.52. The van der Waals surface area contributed by atoms with E-state index in [-0.39, 0.29) is 0 Å². The van der Waals surface area contributed by atoms with Crippen molar-refractivity contribution in [2.75, 3.05) is 19.6 Å². The van der Waals surface area contributed by atoms with Crippen molar-refractivity contribution in [2.45, 2.75) is 51.1 Å². The van der Waals surface area contributed by atoms with Gasteiger partial charge in [-0.2, -0.15) is 0 Å². The molecule has 2 aliphatic heterocycles. The van der Waals surface area contributed by atoms with Crippen LogP contribution in [0.15, 0.2) is 24.3 Å². The van der Waals surface area contributed by atoms with Crippen LogP contribution in [0.3, 0.4) is 0 Å². The second-order valence-electron chi connectivity index (χ2n) is 6.08. The molecule has 19 heavy (non-hydrogen) atoms. The summed E-state index contributed by atoms with van der Waals surface area (Å²) in [7, 11) is 0. The zero-order valence-corrected chi connectivity index (χ0v) is 12.1. The Morgan fingerprint density at radius 3 is 3.05 bits per heavy atom. The molecule has 3 rings (SSSR count). The van der Waals surface area contributed by atoms with Crippen molar-refractivity contribution in [3.8, 4) is 0 Å². The van der Waals surface area contributed by atoms with Crippen LogP contribution < -0.4 is 5.32 Å². The van der Waals surface area contributed by atoms with E-state index in [9.17, 15) is 0 Å². The summed E-state index contributed by atoms with van der Waals surface area (Å²) in [6, 6.07) is 9.81. The molecular formula is C17H26N2. The second kappa shape index (κ2) is 6.06. The van der Waals surface area contributed by atoms with Crippen LogP contribution in [0.1, 0.15) is 49.7 Å². The average molecular weight is 258 g/mol. The van der Waals surface area contributed by atoms with Gasteiger partial charge in [0, 0.05) is 31.6 Å². The van der Waals surface area contributed by atoms with E-state index >= 15 is 0 Å². The largest absolute Gasteiger partial charge is 0.312 e. The molecule has 1 aromatic carbocycles. The molecule has 2 atom stereocenters. The Kier molecular flexibility index (Phi) is 4.19. The Morgan fingerprint density at radius 2 is 2.16 bits per heavy atom. The van der Waals surface area contributed by atoms with Gasteiger partial charge in [-0.1, -0.05) is 37.6 Å². The van der Waals surface area contributed by atoms with Gasteiger partial charge in [-0.25, -0.2) is 0 Å². The number of nitrogens with zero attached hydrogens (tertiary/aromatic N) is 1. The third kappa shape index (κ3) is 2.85. The molecule has 1 fully saturated rings. The number of benzene rings is 1. The molecule has 2 unspecified atom stereocenters. The first-order valence-corrected chi connectivity index (χ1v) is 7.91. The summed E-state index contributed by atoms with van der Waals surface area (Å²) in [5, 5.41) is 3.59. The van der Waals surface area contributed by atoms with Crippen LogP contribution in [-0.2, 0) is 6.54 Å². The quantitative estimate of drug-likeness (QED) is 0.896. The lowest BCUT2D eigenvalue weighted by molar-refractivity contribution is 0.133. The van der Waals surface area contributed by atoms with Gasteiger partial charge >= 0.3 is 0 Å². The van der Waals surface area contributed by atoms with Crippen molar-refractivity contribution >= 4 is 0 Å². The summed E-state index contributed by atoms with van der Waals surface area (Å²) >= 11 is 0.